The molecule has 0 saturated heterocycles. The summed E-state index contributed by atoms with van der Waals surface area (Å²) in [6.45, 7) is 0.607. The number of benzene rings is 1. The number of nitrogens with zero attached hydrogens (tertiary/aromatic N) is 1. The molecule has 74 valence electrons. The fraction of sp³-hybridized carbons (Fsp3) is 0.154. The van der Waals surface area contributed by atoms with Gasteiger partial charge in [0.2, 0.25) is 0 Å². The molecule has 2 nitrogen and oxygen atoms in total. The molecule has 0 radical (unpaired) electrons. The first-order valence-electron chi connectivity index (χ1n) is 4.94. The first-order valence-corrected chi connectivity index (χ1v) is 4.94. The number of fused-ring (bicyclic) bond motifs is 1. The van der Waals surface area contributed by atoms with Crippen LogP contribution >= 0.6 is 0 Å². The van der Waals surface area contributed by atoms with Crippen LogP contribution in [0.25, 0.3) is 10.9 Å². The zero-order valence-electron chi connectivity index (χ0n) is 8.40. The Labute approximate surface area is 89.1 Å². The molecule has 2 rings (SSSR count). The molecule has 0 saturated carbocycles. The summed E-state index contributed by atoms with van der Waals surface area (Å²) in [5.74, 6) is 6.16. The van der Waals surface area contributed by atoms with Gasteiger partial charge in [0.1, 0.15) is 0 Å². The molecule has 0 unspecified atom stereocenters. The SMILES string of the molecule is NCCC#Cc1cccc2ncccc12. The summed E-state index contributed by atoms with van der Waals surface area (Å²) in [6, 6.07) is 9.93. The highest BCUT2D eigenvalue weighted by Crippen LogP contribution is 2.14. The topological polar surface area (TPSA) is 38.9 Å². The molecule has 0 spiro atoms. The van der Waals surface area contributed by atoms with E-state index in [0.29, 0.717) is 6.54 Å². The van der Waals surface area contributed by atoms with Gasteiger partial charge in [-0.3, -0.25) is 4.98 Å². The van der Waals surface area contributed by atoms with Crippen LogP contribution in [-0.2, 0) is 0 Å². The van der Waals surface area contributed by atoms with Crippen molar-refractivity contribution < 1.29 is 0 Å². The molecule has 0 bridgehead atoms. The predicted molar refractivity (Wildman–Crippen MR) is 62.3 cm³/mol. The van der Waals surface area contributed by atoms with Gasteiger partial charge in [-0.15, -0.1) is 0 Å². The third kappa shape index (κ3) is 2.15. The molecule has 0 aliphatic carbocycles. The molecule has 0 fully saturated rings. The zero-order valence-corrected chi connectivity index (χ0v) is 8.40. The molecule has 1 heterocycles. The van der Waals surface area contributed by atoms with Crippen molar-refractivity contribution in [2.24, 2.45) is 5.73 Å². The molecule has 2 N–H and O–H groups in total. The lowest BCUT2D eigenvalue weighted by molar-refractivity contribution is 1.03. The van der Waals surface area contributed by atoms with E-state index in [0.717, 1.165) is 22.9 Å². The fourth-order valence-corrected chi connectivity index (χ4v) is 1.44. The summed E-state index contributed by atoms with van der Waals surface area (Å²) in [6.07, 6.45) is 2.52. The Morgan fingerprint density at radius 2 is 2.13 bits per heavy atom. The van der Waals surface area contributed by atoms with Gasteiger partial charge in [0.05, 0.1) is 5.52 Å². The maximum absolute atomic E-state index is 5.39. The first-order chi connectivity index (χ1) is 7.42. The van der Waals surface area contributed by atoms with E-state index >= 15 is 0 Å². The molecule has 2 aromatic rings. The molecule has 1 aromatic carbocycles. The van der Waals surface area contributed by atoms with Gasteiger partial charge in [-0.05, 0) is 18.2 Å². The molecule has 0 atom stereocenters. The molecule has 0 aliphatic rings. The number of rotatable bonds is 1. The zero-order chi connectivity index (χ0) is 10.5. The highest BCUT2D eigenvalue weighted by molar-refractivity contribution is 5.84. The van der Waals surface area contributed by atoms with Gasteiger partial charge < -0.3 is 5.73 Å². The Bertz CT molecular complexity index is 515. The van der Waals surface area contributed by atoms with Crippen molar-refractivity contribution in [3.05, 3.63) is 42.1 Å². The largest absolute Gasteiger partial charge is 0.330 e. The van der Waals surface area contributed by atoms with Crippen LogP contribution in [-0.4, -0.2) is 11.5 Å². The number of hydrogen-bond donors (Lipinski definition) is 1. The van der Waals surface area contributed by atoms with Crippen LogP contribution in [0.5, 0.6) is 0 Å². The average molecular weight is 196 g/mol. The lowest BCUT2D eigenvalue weighted by Gasteiger charge is -1.98. The number of nitrogens with two attached hydrogens (primary N) is 1. The predicted octanol–water partition coefficient (Wildman–Crippen LogP) is 1.94. The van der Waals surface area contributed by atoms with Crippen molar-refractivity contribution in [1.82, 2.24) is 4.98 Å². The van der Waals surface area contributed by atoms with E-state index in [1.54, 1.807) is 6.20 Å². The molecular formula is C13H12N2. The van der Waals surface area contributed by atoms with Crippen LogP contribution < -0.4 is 5.73 Å². The van der Waals surface area contributed by atoms with E-state index in [1.807, 2.05) is 30.3 Å². The third-order valence-corrected chi connectivity index (χ3v) is 2.14. The molecule has 2 heteroatoms. The summed E-state index contributed by atoms with van der Waals surface area (Å²) in [4.78, 5) is 4.28. The molecular weight excluding hydrogens is 184 g/mol. The van der Waals surface area contributed by atoms with Crippen molar-refractivity contribution in [3.8, 4) is 11.8 Å². The molecule has 1 aromatic heterocycles. The van der Waals surface area contributed by atoms with Crippen LogP contribution in [0.4, 0.5) is 0 Å². The maximum Gasteiger partial charge on any atom is 0.0714 e. The quantitative estimate of drug-likeness (QED) is 0.708. The normalized spacial score (nSPS) is 9.67. The Hall–Kier alpha value is -1.85. The van der Waals surface area contributed by atoms with E-state index in [-0.39, 0.29) is 0 Å². The summed E-state index contributed by atoms with van der Waals surface area (Å²) < 4.78 is 0. The average Bonchev–Trinajstić information content (AvgIpc) is 2.30. The Balaban J connectivity index is 2.48. The van der Waals surface area contributed by atoms with E-state index in [1.165, 1.54) is 0 Å². The Morgan fingerprint density at radius 1 is 1.20 bits per heavy atom. The minimum absolute atomic E-state index is 0.607. The van der Waals surface area contributed by atoms with Gasteiger partial charge in [0.15, 0.2) is 0 Å². The lowest BCUT2D eigenvalue weighted by Crippen LogP contribution is -1.95. The van der Waals surface area contributed by atoms with Crippen LogP contribution in [0.3, 0.4) is 0 Å². The smallest absolute Gasteiger partial charge is 0.0714 e. The van der Waals surface area contributed by atoms with Crippen LogP contribution in [0.2, 0.25) is 0 Å². The molecule has 0 aliphatic heterocycles. The summed E-state index contributed by atoms with van der Waals surface area (Å²) in [7, 11) is 0. The van der Waals surface area contributed by atoms with Crippen LogP contribution in [0, 0.1) is 11.8 Å². The second-order valence-corrected chi connectivity index (χ2v) is 3.22. The third-order valence-electron chi connectivity index (χ3n) is 2.14. The first kappa shape index (κ1) is 9.70. The monoisotopic (exact) mass is 196 g/mol. The molecule has 15 heavy (non-hydrogen) atoms. The fourth-order valence-electron chi connectivity index (χ4n) is 1.44. The standard InChI is InChI=1S/C13H12N2/c14-9-2-1-5-11-6-3-8-13-12(11)7-4-10-15-13/h3-4,6-8,10H,2,9,14H2. The van der Waals surface area contributed by atoms with Gasteiger partial charge in [0, 0.05) is 30.1 Å². The van der Waals surface area contributed by atoms with Crippen molar-refractivity contribution in [2.45, 2.75) is 6.42 Å². The Morgan fingerprint density at radius 3 is 3.00 bits per heavy atom. The number of aromatic nitrogens is 1. The van der Waals surface area contributed by atoms with Crippen molar-refractivity contribution in [3.63, 3.8) is 0 Å². The summed E-state index contributed by atoms with van der Waals surface area (Å²) >= 11 is 0. The number of pyridine rings is 1. The van der Waals surface area contributed by atoms with Gasteiger partial charge in [-0.2, -0.15) is 0 Å². The highest BCUT2D eigenvalue weighted by Gasteiger charge is 1.96. The van der Waals surface area contributed by atoms with Crippen LogP contribution in [0.1, 0.15) is 12.0 Å². The second-order valence-electron chi connectivity index (χ2n) is 3.22. The van der Waals surface area contributed by atoms with Crippen molar-refractivity contribution in [2.75, 3.05) is 6.54 Å². The van der Waals surface area contributed by atoms with Crippen molar-refractivity contribution in [1.29, 1.82) is 0 Å². The van der Waals surface area contributed by atoms with Gasteiger partial charge in [-0.1, -0.05) is 24.0 Å². The maximum atomic E-state index is 5.39. The van der Waals surface area contributed by atoms with Crippen LogP contribution in [0.15, 0.2) is 36.5 Å². The highest BCUT2D eigenvalue weighted by atomic mass is 14.6. The van der Waals surface area contributed by atoms with E-state index in [2.05, 4.69) is 16.8 Å². The van der Waals surface area contributed by atoms with E-state index in [4.69, 9.17) is 5.73 Å². The van der Waals surface area contributed by atoms with Gasteiger partial charge in [0.25, 0.3) is 0 Å². The lowest BCUT2D eigenvalue weighted by atomic mass is 10.1. The van der Waals surface area contributed by atoms with Gasteiger partial charge >= 0.3 is 0 Å². The minimum Gasteiger partial charge on any atom is -0.330 e. The molecule has 0 amide bonds. The van der Waals surface area contributed by atoms with Crippen molar-refractivity contribution >= 4 is 10.9 Å². The summed E-state index contributed by atoms with van der Waals surface area (Å²) in [5, 5.41) is 1.10. The van der Waals surface area contributed by atoms with E-state index in [9.17, 15) is 0 Å². The van der Waals surface area contributed by atoms with E-state index < -0.39 is 0 Å². The van der Waals surface area contributed by atoms with Gasteiger partial charge in [-0.25, -0.2) is 0 Å². The number of hydrogen-bond acceptors (Lipinski definition) is 2. The Kier molecular flexibility index (Phi) is 2.96. The summed E-state index contributed by atoms with van der Waals surface area (Å²) in [5.41, 5.74) is 7.40. The second kappa shape index (κ2) is 4.59. The minimum atomic E-state index is 0.607.